The molecular formula is C13H20N4S2. The van der Waals surface area contributed by atoms with Gasteiger partial charge < -0.3 is 9.80 Å². The molecule has 0 N–H and O–H groups in total. The van der Waals surface area contributed by atoms with Crippen LogP contribution in [-0.2, 0) is 0 Å². The predicted molar refractivity (Wildman–Crippen MR) is 84.0 cm³/mol. The van der Waals surface area contributed by atoms with Crippen molar-refractivity contribution in [3.63, 3.8) is 0 Å². The van der Waals surface area contributed by atoms with E-state index in [0.29, 0.717) is 4.58 Å². The third-order valence-corrected chi connectivity index (χ3v) is 6.47. The van der Waals surface area contributed by atoms with Gasteiger partial charge in [0.2, 0.25) is 5.95 Å². The number of aromatic nitrogens is 2. The Hall–Kier alpha value is -0.460. The Morgan fingerprint density at radius 1 is 1.16 bits per heavy atom. The molecule has 2 aliphatic rings. The second-order valence-corrected chi connectivity index (χ2v) is 7.72. The lowest BCUT2D eigenvalue weighted by Crippen LogP contribution is -2.45. The zero-order valence-electron chi connectivity index (χ0n) is 11.3. The van der Waals surface area contributed by atoms with Crippen molar-refractivity contribution in [2.45, 2.75) is 11.0 Å². The molecule has 1 aromatic heterocycles. The Morgan fingerprint density at radius 3 is 2.63 bits per heavy atom. The number of piperazine rings is 1. The van der Waals surface area contributed by atoms with Crippen LogP contribution in [0, 0.1) is 0 Å². The number of hydrogen-bond donors (Lipinski definition) is 0. The summed E-state index contributed by atoms with van der Waals surface area (Å²) >= 11 is 4.04. The summed E-state index contributed by atoms with van der Waals surface area (Å²) < 4.78 is 0.503. The summed E-state index contributed by atoms with van der Waals surface area (Å²) in [6.45, 7) is 4.26. The highest BCUT2D eigenvalue weighted by atomic mass is 32.2. The molecule has 0 aliphatic carbocycles. The van der Waals surface area contributed by atoms with Crippen molar-refractivity contribution < 1.29 is 0 Å². The molecule has 1 aromatic rings. The maximum Gasteiger partial charge on any atom is 0.225 e. The molecule has 19 heavy (non-hydrogen) atoms. The number of anilines is 1. The average molecular weight is 296 g/mol. The minimum Gasteiger partial charge on any atom is -0.338 e. The molecule has 6 heteroatoms. The maximum atomic E-state index is 4.80. The highest BCUT2D eigenvalue weighted by molar-refractivity contribution is 8.16. The van der Waals surface area contributed by atoms with Gasteiger partial charge in [-0.25, -0.2) is 9.97 Å². The van der Waals surface area contributed by atoms with Gasteiger partial charge in [0.1, 0.15) is 0 Å². The SMILES string of the molecule is CN1CCN(c2nccc(C3SCCCS3)n2)CC1. The van der Waals surface area contributed by atoms with Crippen LogP contribution in [0.2, 0.25) is 0 Å². The Bertz CT molecular complexity index is 415. The summed E-state index contributed by atoms with van der Waals surface area (Å²) in [5.74, 6) is 3.43. The Labute approximate surface area is 123 Å². The van der Waals surface area contributed by atoms with Gasteiger partial charge in [-0.05, 0) is 31.0 Å². The molecule has 2 aliphatic heterocycles. The fourth-order valence-corrected chi connectivity index (χ4v) is 5.11. The van der Waals surface area contributed by atoms with Gasteiger partial charge in [-0.15, -0.1) is 23.5 Å². The van der Waals surface area contributed by atoms with Crippen molar-refractivity contribution in [2.75, 3.05) is 49.6 Å². The van der Waals surface area contributed by atoms with E-state index in [4.69, 9.17) is 4.98 Å². The number of likely N-dealkylation sites (N-methyl/N-ethyl adjacent to an activating group) is 1. The lowest BCUT2D eigenvalue weighted by Gasteiger charge is -2.32. The van der Waals surface area contributed by atoms with Crippen molar-refractivity contribution in [2.24, 2.45) is 0 Å². The molecule has 0 bridgehead atoms. The molecule has 0 spiro atoms. The second-order valence-electron chi connectivity index (χ2n) is 5.00. The molecule has 3 heterocycles. The second kappa shape index (κ2) is 6.33. The number of rotatable bonds is 2. The fourth-order valence-electron chi connectivity index (χ4n) is 2.31. The summed E-state index contributed by atoms with van der Waals surface area (Å²) in [4.78, 5) is 13.9. The van der Waals surface area contributed by atoms with Crippen molar-refractivity contribution in [1.82, 2.24) is 14.9 Å². The molecule has 0 radical (unpaired) electrons. The first-order valence-electron chi connectivity index (χ1n) is 6.82. The summed E-state index contributed by atoms with van der Waals surface area (Å²) in [5, 5.41) is 0. The summed E-state index contributed by atoms with van der Waals surface area (Å²) in [7, 11) is 2.17. The van der Waals surface area contributed by atoms with E-state index in [9.17, 15) is 0 Å². The molecule has 0 aromatic carbocycles. The van der Waals surface area contributed by atoms with Crippen molar-refractivity contribution in [1.29, 1.82) is 0 Å². The molecule has 0 unspecified atom stereocenters. The van der Waals surface area contributed by atoms with E-state index in [-0.39, 0.29) is 0 Å². The highest BCUT2D eigenvalue weighted by Gasteiger charge is 2.21. The largest absolute Gasteiger partial charge is 0.338 e. The normalized spacial score (nSPS) is 22.7. The molecule has 4 nitrogen and oxygen atoms in total. The zero-order valence-corrected chi connectivity index (χ0v) is 12.9. The lowest BCUT2D eigenvalue weighted by atomic mass is 10.3. The number of hydrogen-bond acceptors (Lipinski definition) is 6. The van der Waals surface area contributed by atoms with E-state index >= 15 is 0 Å². The lowest BCUT2D eigenvalue weighted by molar-refractivity contribution is 0.311. The van der Waals surface area contributed by atoms with Gasteiger partial charge >= 0.3 is 0 Å². The van der Waals surface area contributed by atoms with E-state index in [1.165, 1.54) is 23.6 Å². The van der Waals surface area contributed by atoms with Crippen LogP contribution in [0.4, 0.5) is 5.95 Å². The van der Waals surface area contributed by atoms with Gasteiger partial charge in [0, 0.05) is 32.4 Å². The zero-order chi connectivity index (χ0) is 13.1. The first-order chi connectivity index (χ1) is 9.33. The van der Waals surface area contributed by atoms with Crippen LogP contribution in [0.25, 0.3) is 0 Å². The van der Waals surface area contributed by atoms with Crippen molar-refractivity contribution in [3.05, 3.63) is 18.0 Å². The molecule has 0 atom stereocenters. The summed E-state index contributed by atoms with van der Waals surface area (Å²) in [5.41, 5.74) is 1.19. The monoisotopic (exact) mass is 296 g/mol. The Morgan fingerprint density at radius 2 is 1.89 bits per heavy atom. The topological polar surface area (TPSA) is 32.3 Å². The van der Waals surface area contributed by atoms with Gasteiger partial charge in [0.05, 0.1) is 10.3 Å². The van der Waals surface area contributed by atoms with Gasteiger partial charge in [0.25, 0.3) is 0 Å². The molecule has 0 amide bonds. The van der Waals surface area contributed by atoms with Gasteiger partial charge in [-0.3, -0.25) is 0 Å². The third-order valence-electron chi connectivity index (χ3n) is 3.52. The molecule has 2 fully saturated rings. The van der Waals surface area contributed by atoms with E-state index in [2.05, 4.69) is 27.9 Å². The van der Waals surface area contributed by atoms with Crippen LogP contribution in [0.5, 0.6) is 0 Å². The van der Waals surface area contributed by atoms with E-state index in [0.717, 1.165) is 32.1 Å². The van der Waals surface area contributed by atoms with E-state index in [1.54, 1.807) is 0 Å². The van der Waals surface area contributed by atoms with Gasteiger partial charge in [-0.2, -0.15) is 0 Å². The van der Waals surface area contributed by atoms with Crippen LogP contribution in [-0.4, -0.2) is 59.6 Å². The summed E-state index contributed by atoms with van der Waals surface area (Å²) in [6, 6.07) is 2.08. The molecule has 104 valence electrons. The average Bonchev–Trinajstić information content (AvgIpc) is 2.49. The van der Waals surface area contributed by atoms with Gasteiger partial charge in [-0.1, -0.05) is 0 Å². The molecule has 3 rings (SSSR count). The first kappa shape index (κ1) is 13.5. The van der Waals surface area contributed by atoms with Crippen LogP contribution in [0.3, 0.4) is 0 Å². The van der Waals surface area contributed by atoms with Crippen LogP contribution in [0.1, 0.15) is 16.7 Å². The first-order valence-corrected chi connectivity index (χ1v) is 8.92. The third kappa shape index (κ3) is 3.35. The van der Waals surface area contributed by atoms with Crippen molar-refractivity contribution >= 4 is 29.5 Å². The van der Waals surface area contributed by atoms with Crippen LogP contribution >= 0.6 is 23.5 Å². The van der Waals surface area contributed by atoms with Crippen LogP contribution < -0.4 is 4.90 Å². The molecule has 2 saturated heterocycles. The standard InChI is InChI=1S/C13H20N4S2/c1-16-5-7-17(8-6-16)13-14-4-3-11(15-13)12-18-9-2-10-19-12/h3-4,12H,2,5-10H2,1H3. The smallest absolute Gasteiger partial charge is 0.225 e. The maximum absolute atomic E-state index is 4.80. The molecule has 0 saturated carbocycles. The van der Waals surface area contributed by atoms with E-state index < -0.39 is 0 Å². The highest BCUT2D eigenvalue weighted by Crippen LogP contribution is 2.42. The molecular weight excluding hydrogens is 276 g/mol. The number of nitrogens with zero attached hydrogens (tertiary/aromatic N) is 4. The minimum atomic E-state index is 0.503. The van der Waals surface area contributed by atoms with Crippen molar-refractivity contribution in [3.8, 4) is 0 Å². The Balaban J connectivity index is 1.72. The summed E-state index contributed by atoms with van der Waals surface area (Å²) in [6.07, 6.45) is 3.24. The number of thioether (sulfide) groups is 2. The quantitative estimate of drug-likeness (QED) is 0.831. The fraction of sp³-hybridized carbons (Fsp3) is 0.692. The van der Waals surface area contributed by atoms with Crippen LogP contribution in [0.15, 0.2) is 12.3 Å². The Kier molecular flexibility index (Phi) is 4.50. The van der Waals surface area contributed by atoms with E-state index in [1.807, 2.05) is 29.7 Å². The predicted octanol–water partition coefficient (Wildman–Crippen LogP) is 2.10. The van der Waals surface area contributed by atoms with Gasteiger partial charge in [0.15, 0.2) is 0 Å². The minimum absolute atomic E-state index is 0.503.